The second kappa shape index (κ2) is 9.19. The molecule has 27 heavy (non-hydrogen) atoms. The average molecular weight is 367 g/mol. The van der Waals surface area contributed by atoms with E-state index in [1.165, 1.54) is 0 Å². The molecule has 0 saturated heterocycles. The lowest BCUT2D eigenvalue weighted by molar-refractivity contribution is 0.300. The van der Waals surface area contributed by atoms with Gasteiger partial charge in [-0.1, -0.05) is 30.3 Å². The molecule has 2 heterocycles. The molecule has 0 unspecified atom stereocenters. The number of benzene rings is 1. The first-order chi connectivity index (χ1) is 13.2. The Morgan fingerprint density at radius 1 is 1.04 bits per heavy atom. The largest absolute Gasteiger partial charge is 0.490 e. The molecule has 2 aromatic heterocycles. The van der Waals surface area contributed by atoms with Crippen molar-refractivity contribution >= 4 is 0 Å². The van der Waals surface area contributed by atoms with E-state index in [0.717, 1.165) is 34.8 Å². The third kappa shape index (κ3) is 4.86. The molecule has 3 aromatic rings. The van der Waals surface area contributed by atoms with E-state index in [1.54, 1.807) is 6.20 Å². The van der Waals surface area contributed by atoms with Crippen LogP contribution in [-0.2, 0) is 13.1 Å². The van der Waals surface area contributed by atoms with E-state index < -0.39 is 0 Å². The predicted molar refractivity (Wildman–Crippen MR) is 103 cm³/mol. The van der Waals surface area contributed by atoms with E-state index in [0.29, 0.717) is 31.3 Å². The summed E-state index contributed by atoms with van der Waals surface area (Å²) in [6.45, 7) is 7.87. The van der Waals surface area contributed by atoms with Crippen molar-refractivity contribution in [2.45, 2.75) is 40.3 Å². The summed E-state index contributed by atoms with van der Waals surface area (Å²) in [5.41, 5.74) is 2.96. The monoisotopic (exact) mass is 367 g/mol. The van der Waals surface area contributed by atoms with Gasteiger partial charge < -0.3 is 19.3 Å². The highest BCUT2D eigenvalue weighted by molar-refractivity contribution is 5.42. The Morgan fingerprint density at radius 3 is 2.59 bits per heavy atom. The van der Waals surface area contributed by atoms with Gasteiger partial charge in [-0.3, -0.25) is 0 Å². The van der Waals surface area contributed by atoms with E-state index in [4.69, 9.17) is 14.0 Å². The van der Waals surface area contributed by atoms with Crippen LogP contribution in [0.3, 0.4) is 0 Å². The summed E-state index contributed by atoms with van der Waals surface area (Å²) < 4.78 is 17.0. The zero-order chi connectivity index (χ0) is 19.1. The van der Waals surface area contributed by atoms with Crippen LogP contribution >= 0.6 is 0 Å². The van der Waals surface area contributed by atoms with E-state index in [9.17, 15) is 0 Å². The number of pyridine rings is 1. The minimum absolute atomic E-state index is 0.566. The van der Waals surface area contributed by atoms with Crippen LogP contribution in [-0.4, -0.2) is 16.7 Å². The van der Waals surface area contributed by atoms with Crippen molar-refractivity contribution in [2.75, 3.05) is 6.61 Å². The van der Waals surface area contributed by atoms with Crippen molar-refractivity contribution in [3.05, 3.63) is 65.2 Å². The quantitative estimate of drug-likeness (QED) is 0.598. The van der Waals surface area contributed by atoms with Crippen LogP contribution in [0.1, 0.15) is 35.9 Å². The van der Waals surface area contributed by atoms with Crippen molar-refractivity contribution in [2.24, 2.45) is 0 Å². The summed E-state index contributed by atoms with van der Waals surface area (Å²) in [6.07, 6.45) is 2.66. The molecule has 142 valence electrons. The van der Waals surface area contributed by atoms with Gasteiger partial charge in [0.25, 0.3) is 0 Å². The average Bonchev–Trinajstić information content (AvgIpc) is 3.00. The zero-order valence-electron chi connectivity index (χ0n) is 16.0. The fourth-order valence-corrected chi connectivity index (χ4v) is 2.70. The third-order valence-corrected chi connectivity index (χ3v) is 4.17. The molecule has 0 saturated carbocycles. The zero-order valence-corrected chi connectivity index (χ0v) is 16.0. The molecular weight excluding hydrogens is 342 g/mol. The van der Waals surface area contributed by atoms with Gasteiger partial charge in [-0.15, -0.1) is 0 Å². The van der Waals surface area contributed by atoms with Crippen molar-refractivity contribution < 1.29 is 14.0 Å². The summed E-state index contributed by atoms with van der Waals surface area (Å²) in [7, 11) is 0. The van der Waals surface area contributed by atoms with Crippen molar-refractivity contribution in [1.29, 1.82) is 0 Å². The number of rotatable bonds is 9. The molecule has 1 N–H and O–H groups in total. The fraction of sp³-hybridized carbons (Fsp3) is 0.333. The van der Waals surface area contributed by atoms with Gasteiger partial charge in [0.2, 0.25) is 5.88 Å². The Morgan fingerprint density at radius 2 is 1.85 bits per heavy atom. The molecular formula is C21H25N3O3. The summed E-state index contributed by atoms with van der Waals surface area (Å²) in [5.74, 6) is 2.79. The molecule has 0 amide bonds. The van der Waals surface area contributed by atoms with Gasteiger partial charge in [-0.05, 0) is 38.5 Å². The standard InChI is InChI=1S/C21H25N3O3/c1-4-12-25-19-9-5-6-10-20(19)26-21-17(8-7-11-23-21)13-22-14-18-15(2)24-27-16(18)3/h5-11,22H,4,12-14H2,1-3H3. The third-order valence-electron chi connectivity index (χ3n) is 4.17. The van der Waals surface area contributed by atoms with E-state index in [2.05, 4.69) is 22.4 Å². The highest BCUT2D eigenvalue weighted by atomic mass is 16.5. The highest BCUT2D eigenvalue weighted by Gasteiger charge is 2.12. The maximum atomic E-state index is 6.07. The van der Waals surface area contributed by atoms with Gasteiger partial charge in [-0.2, -0.15) is 0 Å². The lowest BCUT2D eigenvalue weighted by atomic mass is 10.2. The van der Waals surface area contributed by atoms with E-state index in [-0.39, 0.29) is 0 Å². The van der Waals surface area contributed by atoms with E-state index >= 15 is 0 Å². The van der Waals surface area contributed by atoms with Gasteiger partial charge in [-0.25, -0.2) is 4.98 Å². The number of ether oxygens (including phenoxy) is 2. The minimum atomic E-state index is 0.566. The molecule has 0 aliphatic rings. The van der Waals surface area contributed by atoms with Crippen LogP contribution in [0.2, 0.25) is 0 Å². The number of nitrogens with one attached hydrogen (secondary N) is 1. The number of para-hydroxylation sites is 2. The Hall–Kier alpha value is -2.86. The number of aryl methyl sites for hydroxylation is 2. The Balaban J connectivity index is 1.69. The van der Waals surface area contributed by atoms with Crippen molar-refractivity contribution in [3.8, 4) is 17.4 Å². The van der Waals surface area contributed by atoms with Gasteiger partial charge in [0.1, 0.15) is 5.76 Å². The number of hydrogen-bond acceptors (Lipinski definition) is 6. The van der Waals surface area contributed by atoms with E-state index in [1.807, 2.05) is 50.2 Å². The molecule has 1 aromatic carbocycles. The highest BCUT2D eigenvalue weighted by Crippen LogP contribution is 2.32. The lowest BCUT2D eigenvalue weighted by Gasteiger charge is -2.14. The molecule has 0 radical (unpaired) electrons. The van der Waals surface area contributed by atoms with Crippen LogP contribution in [0.15, 0.2) is 47.1 Å². The Labute approximate surface area is 159 Å². The van der Waals surface area contributed by atoms with Crippen LogP contribution in [0.4, 0.5) is 0 Å². The molecule has 0 bridgehead atoms. The maximum Gasteiger partial charge on any atom is 0.223 e. The summed E-state index contributed by atoms with van der Waals surface area (Å²) in [4.78, 5) is 4.40. The van der Waals surface area contributed by atoms with Crippen LogP contribution in [0.5, 0.6) is 17.4 Å². The predicted octanol–water partition coefficient (Wildman–Crippen LogP) is 4.56. The van der Waals surface area contributed by atoms with Gasteiger partial charge in [0, 0.05) is 30.4 Å². The van der Waals surface area contributed by atoms with Crippen molar-refractivity contribution in [3.63, 3.8) is 0 Å². The van der Waals surface area contributed by atoms with Crippen LogP contribution in [0, 0.1) is 13.8 Å². The molecule has 0 fully saturated rings. The summed E-state index contributed by atoms with van der Waals surface area (Å²) in [6, 6.07) is 11.6. The molecule has 6 heteroatoms. The number of aromatic nitrogens is 2. The second-order valence-corrected chi connectivity index (χ2v) is 6.27. The Kier molecular flexibility index (Phi) is 6.44. The first kappa shape index (κ1) is 18.9. The SMILES string of the molecule is CCCOc1ccccc1Oc1ncccc1CNCc1c(C)noc1C. The Bertz CT molecular complexity index is 857. The summed E-state index contributed by atoms with van der Waals surface area (Å²) >= 11 is 0. The molecule has 0 spiro atoms. The smallest absolute Gasteiger partial charge is 0.223 e. The fourth-order valence-electron chi connectivity index (χ4n) is 2.70. The number of nitrogens with zero attached hydrogens (tertiary/aromatic N) is 2. The molecule has 3 rings (SSSR count). The topological polar surface area (TPSA) is 69.4 Å². The first-order valence-corrected chi connectivity index (χ1v) is 9.15. The second-order valence-electron chi connectivity index (χ2n) is 6.27. The summed E-state index contributed by atoms with van der Waals surface area (Å²) in [5, 5.41) is 7.39. The molecule has 0 atom stereocenters. The molecule has 0 aliphatic heterocycles. The molecule has 0 aliphatic carbocycles. The first-order valence-electron chi connectivity index (χ1n) is 9.15. The minimum Gasteiger partial charge on any atom is -0.490 e. The number of hydrogen-bond donors (Lipinski definition) is 1. The lowest BCUT2D eigenvalue weighted by Crippen LogP contribution is -2.14. The van der Waals surface area contributed by atoms with Crippen LogP contribution in [0.25, 0.3) is 0 Å². The van der Waals surface area contributed by atoms with Crippen LogP contribution < -0.4 is 14.8 Å². The normalized spacial score (nSPS) is 10.8. The molecule has 6 nitrogen and oxygen atoms in total. The van der Waals surface area contributed by atoms with Gasteiger partial charge >= 0.3 is 0 Å². The van der Waals surface area contributed by atoms with Gasteiger partial charge in [0.05, 0.1) is 12.3 Å². The van der Waals surface area contributed by atoms with Gasteiger partial charge in [0.15, 0.2) is 11.5 Å². The maximum absolute atomic E-state index is 6.07. The van der Waals surface area contributed by atoms with Crippen molar-refractivity contribution in [1.82, 2.24) is 15.5 Å².